The van der Waals surface area contributed by atoms with Gasteiger partial charge in [0, 0.05) is 31.2 Å². The van der Waals surface area contributed by atoms with Crippen molar-refractivity contribution in [3.05, 3.63) is 0 Å². The molecule has 2 N–H and O–H groups in total. The Balaban J connectivity index is 1.71. The predicted molar refractivity (Wildman–Crippen MR) is 83.9 cm³/mol. The number of carbonyl (C=O) groups excluding carboxylic acids is 1. The number of hydrogen-bond acceptors (Lipinski definition) is 4. The first-order chi connectivity index (χ1) is 10.4. The monoisotopic (exact) mass is 312 g/mol. The van der Waals surface area contributed by atoms with Crippen molar-refractivity contribution in [2.45, 2.75) is 44.3 Å². The lowest BCUT2D eigenvalue weighted by Crippen LogP contribution is -2.56. The summed E-state index contributed by atoms with van der Waals surface area (Å²) in [6, 6.07) is 0.929. The molecule has 0 radical (unpaired) electrons. The van der Waals surface area contributed by atoms with E-state index in [1.807, 2.05) is 30.8 Å². The number of rotatable bonds is 6. The Morgan fingerprint density at radius 1 is 1.27 bits per heavy atom. The number of nitrogens with one attached hydrogen (secondary N) is 1. The maximum absolute atomic E-state index is 12.2. The first kappa shape index (κ1) is 17.0. The average Bonchev–Trinajstić information content (AvgIpc) is 2.89. The minimum atomic E-state index is -0.791. The van der Waals surface area contributed by atoms with Crippen LogP contribution in [-0.4, -0.2) is 90.2 Å². The molecule has 1 aliphatic carbocycles. The van der Waals surface area contributed by atoms with E-state index in [2.05, 4.69) is 10.2 Å². The molecule has 0 aromatic carbocycles. The fourth-order valence-electron chi connectivity index (χ4n) is 3.29. The fourth-order valence-corrected chi connectivity index (χ4v) is 3.29. The Hall–Kier alpha value is -1.34. The SMILES string of the molecule is CCN(CC(=O)O)C1CC(NC(=O)N2CCC(N(C)C)C2)C1. The van der Waals surface area contributed by atoms with Crippen molar-refractivity contribution < 1.29 is 14.7 Å². The first-order valence-corrected chi connectivity index (χ1v) is 8.08. The third-order valence-corrected chi connectivity index (χ3v) is 4.88. The Kier molecular flexibility index (Phi) is 5.63. The molecule has 1 atom stereocenters. The topological polar surface area (TPSA) is 76.1 Å². The van der Waals surface area contributed by atoms with E-state index in [0.29, 0.717) is 6.04 Å². The second kappa shape index (κ2) is 7.28. The Labute approximate surface area is 132 Å². The summed E-state index contributed by atoms with van der Waals surface area (Å²) in [5.41, 5.74) is 0. The van der Waals surface area contributed by atoms with Crippen LogP contribution in [0.2, 0.25) is 0 Å². The smallest absolute Gasteiger partial charge is 0.317 e. The van der Waals surface area contributed by atoms with Crippen molar-refractivity contribution in [2.75, 3.05) is 40.3 Å². The number of amides is 2. The highest BCUT2D eigenvalue weighted by molar-refractivity contribution is 5.75. The molecule has 22 heavy (non-hydrogen) atoms. The minimum absolute atomic E-state index is 0.0223. The minimum Gasteiger partial charge on any atom is -0.480 e. The van der Waals surface area contributed by atoms with Gasteiger partial charge in [0.25, 0.3) is 0 Å². The number of hydrogen-bond donors (Lipinski definition) is 2. The van der Waals surface area contributed by atoms with Gasteiger partial charge in [0.15, 0.2) is 0 Å². The van der Waals surface area contributed by atoms with E-state index in [1.165, 1.54) is 0 Å². The molecule has 1 aliphatic heterocycles. The lowest BCUT2D eigenvalue weighted by atomic mass is 9.85. The summed E-state index contributed by atoms with van der Waals surface area (Å²) in [6.07, 6.45) is 2.71. The number of likely N-dealkylation sites (N-methyl/N-ethyl adjacent to an activating group) is 2. The van der Waals surface area contributed by atoms with Gasteiger partial charge in [-0.15, -0.1) is 0 Å². The quantitative estimate of drug-likeness (QED) is 0.736. The Morgan fingerprint density at radius 2 is 1.95 bits per heavy atom. The van der Waals surface area contributed by atoms with Gasteiger partial charge >= 0.3 is 12.0 Å². The van der Waals surface area contributed by atoms with Gasteiger partial charge in [0.1, 0.15) is 0 Å². The second-order valence-electron chi connectivity index (χ2n) is 6.58. The normalized spacial score (nSPS) is 28.0. The van der Waals surface area contributed by atoms with Gasteiger partial charge in [-0.3, -0.25) is 9.69 Å². The summed E-state index contributed by atoms with van der Waals surface area (Å²) >= 11 is 0. The molecule has 0 aromatic heterocycles. The van der Waals surface area contributed by atoms with Crippen LogP contribution in [0.4, 0.5) is 4.79 Å². The number of carboxylic acid groups (broad SMARTS) is 1. The molecule has 1 saturated carbocycles. The van der Waals surface area contributed by atoms with Crippen molar-refractivity contribution in [3.8, 4) is 0 Å². The van der Waals surface area contributed by atoms with E-state index in [9.17, 15) is 9.59 Å². The molecule has 0 spiro atoms. The standard InChI is InChI=1S/C15H28N4O3/c1-4-18(10-14(20)21)13-7-11(8-13)16-15(22)19-6-5-12(9-19)17(2)3/h11-13H,4-10H2,1-3H3,(H,16,22)(H,20,21). The molecule has 1 heterocycles. The molecular weight excluding hydrogens is 284 g/mol. The van der Waals surface area contributed by atoms with Crippen molar-refractivity contribution in [2.24, 2.45) is 0 Å². The summed E-state index contributed by atoms with van der Waals surface area (Å²) in [4.78, 5) is 29.0. The zero-order valence-corrected chi connectivity index (χ0v) is 13.8. The number of carboxylic acids is 1. The zero-order chi connectivity index (χ0) is 16.3. The highest BCUT2D eigenvalue weighted by atomic mass is 16.4. The van der Waals surface area contributed by atoms with Crippen molar-refractivity contribution in [1.82, 2.24) is 20.0 Å². The Bertz CT molecular complexity index is 410. The molecular formula is C15H28N4O3. The van der Waals surface area contributed by atoms with Gasteiger partial charge in [0.2, 0.25) is 0 Å². The van der Waals surface area contributed by atoms with Gasteiger partial charge in [-0.1, -0.05) is 6.92 Å². The van der Waals surface area contributed by atoms with E-state index in [-0.39, 0.29) is 24.7 Å². The molecule has 0 aromatic rings. The molecule has 7 heteroatoms. The van der Waals surface area contributed by atoms with Crippen LogP contribution in [0.15, 0.2) is 0 Å². The molecule has 2 amide bonds. The maximum Gasteiger partial charge on any atom is 0.317 e. The molecule has 2 aliphatic rings. The third-order valence-electron chi connectivity index (χ3n) is 4.88. The van der Waals surface area contributed by atoms with Crippen LogP contribution in [0.1, 0.15) is 26.2 Å². The van der Waals surface area contributed by atoms with Crippen LogP contribution in [0, 0.1) is 0 Å². The van der Waals surface area contributed by atoms with E-state index < -0.39 is 5.97 Å². The molecule has 1 unspecified atom stereocenters. The summed E-state index contributed by atoms with van der Waals surface area (Å²) in [5.74, 6) is -0.791. The summed E-state index contributed by atoms with van der Waals surface area (Å²) in [6.45, 7) is 4.38. The van der Waals surface area contributed by atoms with E-state index in [1.54, 1.807) is 0 Å². The zero-order valence-electron chi connectivity index (χ0n) is 13.8. The predicted octanol–water partition coefficient (Wildman–Crippen LogP) is 0.269. The van der Waals surface area contributed by atoms with Crippen LogP contribution in [0.5, 0.6) is 0 Å². The second-order valence-corrected chi connectivity index (χ2v) is 6.58. The van der Waals surface area contributed by atoms with Gasteiger partial charge in [-0.05, 0) is 39.9 Å². The average molecular weight is 312 g/mol. The number of aliphatic carboxylic acids is 1. The van der Waals surface area contributed by atoms with Crippen molar-refractivity contribution >= 4 is 12.0 Å². The highest BCUT2D eigenvalue weighted by Crippen LogP contribution is 2.26. The lowest BCUT2D eigenvalue weighted by Gasteiger charge is -2.42. The highest BCUT2D eigenvalue weighted by Gasteiger charge is 2.36. The van der Waals surface area contributed by atoms with Crippen LogP contribution < -0.4 is 5.32 Å². The molecule has 0 bridgehead atoms. The van der Waals surface area contributed by atoms with E-state index in [4.69, 9.17) is 5.11 Å². The summed E-state index contributed by atoms with van der Waals surface area (Å²) < 4.78 is 0. The van der Waals surface area contributed by atoms with Crippen LogP contribution in [-0.2, 0) is 4.79 Å². The van der Waals surface area contributed by atoms with Crippen molar-refractivity contribution in [3.63, 3.8) is 0 Å². The van der Waals surface area contributed by atoms with Crippen LogP contribution in [0.3, 0.4) is 0 Å². The summed E-state index contributed by atoms with van der Waals surface area (Å²) in [5, 5.41) is 12.0. The maximum atomic E-state index is 12.2. The third kappa shape index (κ3) is 4.10. The number of likely N-dealkylation sites (tertiary alicyclic amines) is 1. The Morgan fingerprint density at radius 3 is 2.45 bits per heavy atom. The van der Waals surface area contributed by atoms with Crippen LogP contribution >= 0.6 is 0 Å². The van der Waals surface area contributed by atoms with E-state index in [0.717, 1.165) is 38.9 Å². The van der Waals surface area contributed by atoms with Gasteiger partial charge < -0.3 is 20.2 Å². The fraction of sp³-hybridized carbons (Fsp3) is 0.867. The molecule has 7 nitrogen and oxygen atoms in total. The molecule has 2 rings (SSSR count). The molecule has 1 saturated heterocycles. The number of carbonyl (C=O) groups is 2. The van der Waals surface area contributed by atoms with Gasteiger partial charge in [-0.25, -0.2) is 4.79 Å². The van der Waals surface area contributed by atoms with Crippen molar-refractivity contribution in [1.29, 1.82) is 0 Å². The molecule has 2 fully saturated rings. The molecule has 126 valence electrons. The largest absolute Gasteiger partial charge is 0.480 e. The van der Waals surface area contributed by atoms with Crippen LogP contribution in [0.25, 0.3) is 0 Å². The summed E-state index contributed by atoms with van der Waals surface area (Å²) in [7, 11) is 4.09. The first-order valence-electron chi connectivity index (χ1n) is 8.08. The number of nitrogens with zero attached hydrogens (tertiary/aromatic N) is 3. The van der Waals surface area contributed by atoms with E-state index >= 15 is 0 Å². The number of urea groups is 1. The lowest BCUT2D eigenvalue weighted by molar-refractivity contribution is -0.139. The van der Waals surface area contributed by atoms with Gasteiger partial charge in [0.05, 0.1) is 6.54 Å². The van der Waals surface area contributed by atoms with Gasteiger partial charge in [-0.2, -0.15) is 0 Å².